The number of hydrogen-bond acceptors (Lipinski definition) is 3. The first-order chi connectivity index (χ1) is 12.5. The summed E-state index contributed by atoms with van der Waals surface area (Å²) in [6, 6.07) is 24.5. The van der Waals surface area contributed by atoms with Crippen LogP contribution in [0.25, 0.3) is 6.08 Å². The number of allylic oxidation sites excluding steroid dienone is 1. The molecule has 1 aromatic heterocycles. The molecule has 0 spiro atoms. The van der Waals surface area contributed by atoms with Gasteiger partial charge in [0.05, 0.1) is 5.75 Å². The summed E-state index contributed by atoms with van der Waals surface area (Å²) in [6.45, 7) is 1.95. The van der Waals surface area contributed by atoms with Crippen LogP contribution in [0.2, 0.25) is 0 Å². The van der Waals surface area contributed by atoms with Crippen LogP contribution in [0.3, 0.4) is 0 Å². The van der Waals surface area contributed by atoms with E-state index in [1.807, 2.05) is 79.7 Å². The second-order valence-corrected chi connectivity index (χ2v) is 8.39. The molecule has 0 bridgehead atoms. The molecule has 0 fully saturated rings. The van der Waals surface area contributed by atoms with Crippen LogP contribution in [0.15, 0.2) is 96.2 Å². The van der Waals surface area contributed by atoms with E-state index in [1.54, 1.807) is 18.2 Å². The average Bonchev–Trinajstić information content (AvgIpc) is 2.68. The number of rotatable bonds is 6. The number of hydrogen-bond donors (Lipinski definition) is 0. The van der Waals surface area contributed by atoms with Crippen LogP contribution in [0.1, 0.15) is 18.1 Å². The van der Waals surface area contributed by atoms with E-state index in [1.165, 1.54) is 6.20 Å². The summed E-state index contributed by atoms with van der Waals surface area (Å²) in [5, 5.41) is 0.107. The Balaban J connectivity index is 2.00. The third-order valence-corrected chi connectivity index (χ3v) is 6.18. The Morgan fingerprint density at radius 1 is 0.885 bits per heavy atom. The molecule has 0 aliphatic rings. The highest BCUT2D eigenvalue weighted by Gasteiger charge is 2.32. The molecular weight excluding hydrogens is 342 g/mol. The van der Waals surface area contributed by atoms with Crippen LogP contribution in [-0.4, -0.2) is 19.2 Å². The molecule has 0 saturated heterocycles. The Kier molecular flexibility index (Phi) is 5.33. The fraction of sp³-hybridized carbons (Fsp3) is 0.136. The highest BCUT2D eigenvalue weighted by Crippen LogP contribution is 2.30. The third-order valence-electron chi connectivity index (χ3n) is 4.32. The monoisotopic (exact) mass is 363 g/mol. The van der Waals surface area contributed by atoms with E-state index in [4.69, 9.17) is 0 Å². The van der Waals surface area contributed by atoms with E-state index in [0.717, 1.165) is 11.1 Å². The molecule has 132 valence electrons. The van der Waals surface area contributed by atoms with Crippen molar-refractivity contribution >= 4 is 15.9 Å². The summed E-state index contributed by atoms with van der Waals surface area (Å²) in [7, 11) is -3.53. The number of nitrogens with zero attached hydrogens (tertiary/aromatic N) is 1. The van der Waals surface area contributed by atoms with Crippen molar-refractivity contribution in [2.45, 2.75) is 17.4 Å². The number of pyridine rings is 1. The number of benzene rings is 2. The maximum absolute atomic E-state index is 12.9. The van der Waals surface area contributed by atoms with Gasteiger partial charge in [-0.15, -0.1) is 0 Å². The molecule has 26 heavy (non-hydrogen) atoms. The molecule has 3 nitrogen and oxygen atoms in total. The first-order valence-corrected chi connectivity index (χ1v) is 10.1. The van der Waals surface area contributed by atoms with Gasteiger partial charge in [0, 0.05) is 11.6 Å². The van der Waals surface area contributed by atoms with Gasteiger partial charge in [-0.05, 0) is 23.3 Å². The Bertz CT molecular complexity index is 968. The van der Waals surface area contributed by atoms with Crippen LogP contribution in [0, 0.1) is 0 Å². The third kappa shape index (κ3) is 4.27. The molecule has 0 amide bonds. The Morgan fingerprint density at radius 2 is 1.50 bits per heavy atom. The van der Waals surface area contributed by atoms with Crippen molar-refractivity contribution in [1.29, 1.82) is 0 Å². The maximum atomic E-state index is 12.9. The number of aromatic nitrogens is 1. The van der Waals surface area contributed by atoms with E-state index in [2.05, 4.69) is 4.98 Å². The minimum atomic E-state index is -3.53. The number of sulfone groups is 1. The zero-order chi connectivity index (χ0) is 18.5. The van der Waals surface area contributed by atoms with Crippen molar-refractivity contribution < 1.29 is 8.42 Å². The van der Waals surface area contributed by atoms with Gasteiger partial charge in [0.2, 0.25) is 0 Å². The van der Waals surface area contributed by atoms with E-state index >= 15 is 0 Å². The molecule has 0 aliphatic heterocycles. The van der Waals surface area contributed by atoms with Gasteiger partial charge in [-0.3, -0.25) is 0 Å². The molecule has 1 heterocycles. The van der Waals surface area contributed by atoms with E-state index in [9.17, 15) is 8.42 Å². The summed E-state index contributed by atoms with van der Waals surface area (Å²) < 4.78 is 25.9. The van der Waals surface area contributed by atoms with E-state index in [0.29, 0.717) is 0 Å². The highest BCUT2D eigenvalue weighted by molar-refractivity contribution is 7.91. The first-order valence-electron chi connectivity index (χ1n) is 8.43. The minimum Gasteiger partial charge on any atom is -0.245 e. The fourth-order valence-corrected chi connectivity index (χ4v) is 4.60. The normalized spacial score (nSPS) is 14.2. The lowest BCUT2D eigenvalue weighted by Gasteiger charge is -2.26. The lowest BCUT2D eigenvalue weighted by molar-refractivity contribution is 0.570. The summed E-state index contributed by atoms with van der Waals surface area (Å²) >= 11 is 0. The van der Waals surface area contributed by atoms with Crippen LogP contribution >= 0.6 is 0 Å². The zero-order valence-corrected chi connectivity index (χ0v) is 15.4. The average molecular weight is 363 g/mol. The molecule has 3 aromatic rings. The maximum Gasteiger partial charge on any atom is 0.196 e. The van der Waals surface area contributed by atoms with Crippen molar-refractivity contribution in [3.8, 4) is 0 Å². The van der Waals surface area contributed by atoms with Crippen LogP contribution < -0.4 is 0 Å². The van der Waals surface area contributed by atoms with Gasteiger partial charge in [-0.1, -0.05) is 85.8 Å². The molecule has 2 aromatic carbocycles. The van der Waals surface area contributed by atoms with Gasteiger partial charge in [-0.2, -0.15) is 0 Å². The summed E-state index contributed by atoms with van der Waals surface area (Å²) in [5.74, 6) is -0.0512. The molecule has 0 N–H and O–H groups in total. The van der Waals surface area contributed by atoms with Crippen molar-refractivity contribution in [2.75, 3.05) is 5.75 Å². The van der Waals surface area contributed by atoms with Gasteiger partial charge in [0.15, 0.2) is 14.9 Å². The van der Waals surface area contributed by atoms with Gasteiger partial charge < -0.3 is 0 Å². The standard InChI is InChI=1S/C22H21NO2S/c1-22(20-12-6-3-7-13-20,16-15-19-10-4-2-5-11-19)18-26(24,25)21-14-8-9-17-23-21/h2-17H,18H2,1H3/b16-15+/t22-/m0/s1. The molecule has 4 heteroatoms. The van der Waals surface area contributed by atoms with Crippen molar-refractivity contribution in [3.63, 3.8) is 0 Å². The van der Waals surface area contributed by atoms with Crippen LogP contribution in [0.5, 0.6) is 0 Å². The molecule has 0 radical (unpaired) electrons. The highest BCUT2D eigenvalue weighted by atomic mass is 32.2. The molecule has 1 atom stereocenters. The van der Waals surface area contributed by atoms with Crippen molar-refractivity contribution in [2.24, 2.45) is 0 Å². The topological polar surface area (TPSA) is 47.0 Å². The van der Waals surface area contributed by atoms with Gasteiger partial charge in [0.25, 0.3) is 0 Å². The zero-order valence-electron chi connectivity index (χ0n) is 14.6. The van der Waals surface area contributed by atoms with Crippen LogP contribution in [-0.2, 0) is 15.3 Å². The van der Waals surface area contributed by atoms with Gasteiger partial charge in [-0.25, -0.2) is 13.4 Å². The minimum absolute atomic E-state index is 0.0512. The molecule has 0 unspecified atom stereocenters. The molecule has 3 rings (SSSR count). The van der Waals surface area contributed by atoms with Crippen LogP contribution in [0.4, 0.5) is 0 Å². The van der Waals surface area contributed by atoms with E-state index < -0.39 is 15.3 Å². The smallest absolute Gasteiger partial charge is 0.196 e. The second kappa shape index (κ2) is 7.67. The SMILES string of the molecule is C[C@](/C=C/c1ccccc1)(CS(=O)(=O)c1ccccn1)c1ccccc1. The van der Waals surface area contributed by atoms with Gasteiger partial charge >= 0.3 is 0 Å². The molecule has 0 saturated carbocycles. The lowest BCUT2D eigenvalue weighted by atomic mass is 9.83. The summed E-state index contributed by atoms with van der Waals surface area (Å²) in [4.78, 5) is 4.03. The predicted octanol–water partition coefficient (Wildman–Crippen LogP) is 4.53. The fourth-order valence-electron chi connectivity index (χ4n) is 2.89. The largest absolute Gasteiger partial charge is 0.245 e. The van der Waals surface area contributed by atoms with Crippen molar-refractivity contribution in [3.05, 3.63) is 102 Å². The predicted molar refractivity (Wildman–Crippen MR) is 106 cm³/mol. The first kappa shape index (κ1) is 18.1. The van der Waals surface area contributed by atoms with E-state index in [-0.39, 0.29) is 10.8 Å². The second-order valence-electron chi connectivity index (χ2n) is 6.45. The lowest BCUT2D eigenvalue weighted by Crippen LogP contribution is -2.30. The molecule has 0 aliphatic carbocycles. The van der Waals surface area contributed by atoms with Crippen molar-refractivity contribution in [1.82, 2.24) is 4.98 Å². The van der Waals surface area contributed by atoms with Gasteiger partial charge in [0.1, 0.15) is 0 Å². The Labute approximate surface area is 155 Å². The summed E-state index contributed by atoms with van der Waals surface area (Å²) in [6.07, 6.45) is 5.45. The Hall–Kier alpha value is -2.72. The summed E-state index contributed by atoms with van der Waals surface area (Å²) in [5.41, 5.74) is 1.31. The molecular formula is C22H21NO2S. The Morgan fingerprint density at radius 3 is 2.12 bits per heavy atom. The quantitative estimate of drug-likeness (QED) is 0.646.